The number of thiazole rings is 1. The zero-order chi connectivity index (χ0) is 8.43. The van der Waals surface area contributed by atoms with Crippen LogP contribution in [0.3, 0.4) is 0 Å². The van der Waals surface area contributed by atoms with Gasteiger partial charge in [0, 0.05) is 4.88 Å². The molecule has 1 aromatic heterocycles. The van der Waals surface area contributed by atoms with E-state index in [1.54, 1.807) is 6.92 Å². The standard InChI is InChI=1S/C6H7NO3S/c1-3-4(5(8)9)7-6(10-2)11-3/h1-2H3,(H,8,9). The van der Waals surface area contributed by atoms with Crippen molar-refractivity contribution in [2.24, 2.45) is 0 Å². The van der Waals surface area contributed by atoms with Crippen molar-refractivity contribution in [2.75, 3.05) is 7.11 Å². The number of carbonyl (C=O) groups is 1. The zero-order valence-corrected chi connectivity index (χ0v) is 6.94. The van der Waals surface area contributed by atoms with Gasteiger partial charge in [0.15, 0.2) is 5.69 Å². The Hall–Kier alpha value is -1.10. The molecule has 1 heterocycles. The molecule has 0 spiro atoms. The van der Waals surface area contributed by atoms with Crippen molar-refractivity contribution in [2.45, 2.75) is 6.92 Å². The molecule has 0 unspecified atom stereocenters. The third-order valence-corrected chi connectivity index (χ3v) is 2.09. The smallest absolute Gasteiger partial charge is 0.355 e. The zero-order valence-electron chi connectivity index (χ0n) is 6.12. The van der Waals surface area contributed by atoms with Gasteiger partial charge in [-0.3, -0.25) is 0 Å². The van der Waals surface area contributed by atoms with Gasteiger partial charge in [-0.1, -0.05) is 11.3 Å². The molecule has 60 valence electrons. The van der Waals surface area contributed by atoms with Crippen LogP contribution in [0.25, 0.3) is 0 Å². The van der Waals surface area contributed by atoms with E-state index in [0.29, 0.717) is 10.1 Å². The first kappa shape index (κ1) is 8.00. The van der Waals surface area contributed by atoms with Gasteiger partial charge >= 0.3 is 5.97 Å². The summed E-state index contributed by atoms with van der Waals surface area (Å²) in [7, 11) is 1.46. The molecular formula is C6H7NO3S. The number of aromatic carboxylic acids is 1. The molecule has 0 amide bonds. The third kappa shape index (κ3) is 1.48. The Morgan fingerprint density at radius 2 is 2.36 bits per heavy atom. The lowest BCUT2D eigenvalue weighted by molar-refractivity contribution is 0.0690. The summed E-state index contributed by atoms with van der Waals surface area (Å²) in [5.74, 6) is -1.01. The number of aryl methyl sites for hydroxylation is 1. The molecule has 0 fully saturated rings. The molecule has 0 saturated heterocycles. The van der Waals surface area contributed by atoms with Gasteiger partial charge in [-0.05, 0) is 6.92 Å². The lowest BCUT2D eigenvalue weighted by Crippen LogP contribution is -1.98. The summed E-state index contributed by atoms with van der Waals surface area (Å²) in [4.78, 5) is 14.8. The largest absolute Gasteiger partial charge is 0.476 e. The number of ether oxygens (including phenoxy) is 1. The summed E-state index contributed by atoms with van der Waals surface area (Å²) in [6.07, 6.45) is 0. The third-order valence-electron chi connectivity index (χ3n) is 1.15. The number of rotatable bonds is 2. The van der Waals surface area contributed by atoms with Crippen LogP contribution in [0.1, 0.15) is 15.4 Å². The maximum absolute atomic E-state index is 10.4. The Kier molecular flexibility index (Phi) is 2.09. The van der Waals surface area contributed by atoms with Gasteiger partial charge in [0.25, 0.3) is 5.19 Å². The SMILES string of the molecule is COc1nc(C(=O)O)c(C)s1. The molecule has 0 aliphatic rings. The summed E-state index contributed by atoms with van der Waals surface area (Å²) in [5.41, 5.74) is 0.0758. The number of carboxylic acid groups (broad SMARTS) is 1. The molecule has 0 bridgehead atoms. The van der Waals surface area contributed by atoms with Crippen molar-refractivity contribution in [1.29, 1.82) is 0 Å². The van der Waals surface area contributed by atoms with Crippen molar-refractivity contribution in [3.63, 3.8) is 0 Å². The molecular weight excluding hydrogens is 166 g/mol. The summed E-state index contributed by atoms with van der Waals surface area (Å²) in [5, 5.41) is 8.95. The van der Waals surface area contributed by atoms with Crippen LogP contribution in [0.2, 0.25) is 0 Å². The second kappa shape index (κ2) is 2.87. The van der Waals surface area contributed by atoms with Crippen molar-refractivity contribution < 1.29 is 14.6 Å². The molecule has 1 N–H and O–H groups in total. The summed E-state index contributed by atoms with van der Waals surface area (Å²) in [6.45, 7) is 1.70. The molecule has 0 aliphatic heterocycles. The molecule has 0 aliphatic carbocycles. The molecule has 5 heteroatoms. The molecule has 0 saturated carbocycles. The molecule has 0 aromatic carbocycles. The minimum Gasteiger partial charge on any atom is -0.476 e. The summed E-state index contributed by atoms with van der Waals surface area (Å²) in [6, 6.07) is 0. The fourth-order valence-electron chi connectivity index (χ4n) is 0.658. The normalized spacial score (nSPS) is 9.64. The van der Waals surface area contributed by atoms with Crippen LogP contribution in [0.15, 0.2) is 0 Å². The van der Waals surface area contributed by atoms with Gasteiger partial charge in [-0.2, -0.15) is 4.98 Å². The van der Waals surface area contributed by atoms with Crippen LogP contribution in [-0.2, 0) is 0 Å². The van der Waals surface area contributed by atoms with Crippen LogP contribution in [-0.4, -0.2) is 23.2 Å². The fourth-order valence-corrected chi connectivity index (χ4v) is 1.37. The highest BCUT2D eigenvalue weighted by Gasteiger charge is 2.13. The molecule has 11 heavy (non-hydrogen) atoms. The Bertz CT molecular complexity index is 281. The van der Waals surface area contributed by atoms with E-state index >= 15 is 0 Å². The number of carboxylic acids is 1. The van der Waals surface area contributed by atoms with Crippen molar-refractivity contribution in [1.82, 2.24) is 4.98 Å². The quantitative estimate of drug-likeness (QED) is 0.729. The number of hydrogen-bond donors (Lipinski definition) is 1. The van der Waals surface area contributed by atoms with Crippen LogP contribution in [0.4, 0.5) is 0 Å². The van der Waals surface area contributed by atoms with Crippen molar-refractivity contribution in [3.05, 3.63) is 10.6 Å². The maximum Gasteiger partial charge on any atom is 0.355 e. The highest BCUT2D eigenvalue weighted by molar-refractivity contribution is 7.13. The van der Waals surface area contributed by atoms with Gasteiger partial charge in [0.05, 0.1) is 7.11 Å². The second-order valence-corrected chi connectivity index (χ2v) is 3.06. The van der Waals surface area contributed by atoms with Crippen LogP contribution in [0.5, 0.6) is 5.19 Å². The van der Waals surface area contributed by atoms with E-state index in [1.165, 1.54) is 18.4 Å². The summed E-state index contributed by atoms with van der Waals surface area (Å²) >= 11 is 1.23. The summed E-state index contributed by atoms with van der Waals surface area (Å²) < 4.78 is 4.77. The Morgan fingerprint density at radius 3 is 2.64 bits per heavy atom. The first-order chi connectivity index (χ1) is 5.15. The molecule has 4 nitrogen and oxygen atoms in total. The maximum atomic E-state index is 10.4. The molecule has 0 radical (unpaired) electrons. The highest BCUT2D eigenvalue weighted by atomic mass is 32.1. The number of aromatic nitrogens is 1. The molecule has 0 atom stereocenters. The van der Waals surface area contributed by atoms with E-state index in [4.69, 9.17) is 9.84 Å². The predicted octanol–water partition coefficient (Wildman–Crippen LogP) is 1.16. The predicted molar refractivity (Wildman–Crippen MR) is 40.4 cm³/mol. The number of methoxy groups -OCH3 is 1. The van der Waals surface area contributed by atoms with E-state index in [1.807, 2.05) is 0 Å². The monoisotopic (exact) mass is 173 g/mol. The highest BCUT2D eigenvalue weighted by Crippen LogP contribution is 2.23. The van der Waals surface area contributed by atoms with E-state index in [2.05, 4.69) is 4.98 Å². The van der Waals surface area contributed by atoms with E-state index in [-0.39, 0.29) is 5.69 Å². The van der Waals surface area contributed by atoms with Crippen LogP contribution in [0, 0.1) is 6.92 Å². The topological polar surface area (TPSA) is 59.4 Å². The van der Waals surface area contributed by atoms with E-state index in [9.17, 15) is 4.79 Å². The van der Waals surface area contributed by atoms with Gasteiger partial charge in [0.2, 0.25) is 0 Å². The lowest BCUT2D eigenvalue weighted by Gasteiger charge is -1.86. The van der Waals surface area contributed by atoms with E-state index < -0.39 is 5.97 Å². The van der Waals surface area contributed by atoms with Crippen LogP contribution < -0.4 is 4.74 Å². The van der Waals surface area contributed by atoms with Crippen molar-refractivity contribution >= 4 is 17.3 Å². The Morgan fingerprint density at radius 1 is 1.73 bits per heavy atom. The van der Waals surface area contributed by atoms with Gasteiger partial charge in [0.1, 0.15) is 0 Å². The Labute approximate surface area is 67.5 Å². The first-order valence-corrected chi connectivity index (χ1v) is 3.71. The average molecular weight is 173 g/mol. The first-order valence-electron chi connectivity index (χ1n) is 2.90. The van der Waals surface area contributed by atoms with Crippen LogP contribution >= 0.6 is 11.3 Å². The lowest BCUT2D eigenvalue weighted by atomic mass is 10.4. The Balaban J connectivity index is 3.07. The van der Waals surface area contributed by atoms with Gasteiger partial charge in [-0.25, -0.2) is 4.79 Å². The van der Waals surface area contributed by atoms with Crippen molar-refractivity contribution in [3.8, 4) is 5.19 Å². The van der Waals surface area contributed by atoms with Gasteiger partial charge < -0.3 is 9.84 Å². The average Bonchev–Trinajstić information content (AvgIpc) is 2.30. The van der Waals surface area contributed by atoms with Gasteiger partial charge in [-0.15, -0.1) is 0 Å². The minimum atomic E-state index is -1.01. The molecule has 1 rings (SSSR count). The minimum absolute atomic E-state index is 0.0758. The van der Waals surface area contributed by atoms with E-state index in [0.717, 1.165) is 0 Å². The number of hydrogen-bond acceptors (Lipinski definition) is 4. The molecule has 1 aromatic rings. The second-order valence-electron chi connectivity index (χ2n) is 1.89. The number of nitrogens with zero attached hydrogens (tertiary/aromatic N) is 1. The fraction of sp³-hybridized carbons (Fsp3) is 0.333.